The molecule has 9 nitrogen and oxygen atoms in total. The number of anilines is 1. The molecule has 1 amide bonds. The van der Waals surface area contributed by atoms with Crippen LogP contribution in [0.4, 0.5) is 10.5 Å². The Bertz CT molecular complexity index is 782. The molecule has 2 fully saturated rings. The first-order valence-electron chi connectivity index (χ1n) is 7.50. The molecule has 1 aromatic rings. The fourth-order valence-electron chi connectivity index (χ4n) is 2.75. The molecule has 11 heteroatoms. The summed E-state index contributed by atoms with van der Waals surface area (Å²) < 4.78 is 28.2. The van der Waals surface area contributed by atoms with Gasteiger partial charge in [0.25, 0.3) is 5.56 Å². The minimum absolute atomic E-state index is 0.0348. The summed E-state index contributed by atoms with van der Waals surface area (Å²) in [5, 5.41) is 6.03. The zero-order valence-electron chi connectivity index (χ0n) is 12.8. The van der Waals surface area contributed by atoms with Crippen molar-refractivity contribution in [2.45, 2.75) is 12.5 Å². The van der Waals surface area contributed by atoms with Gasteiger partial charge in [0, 0.05) is 26.1 Å². The fourth-order valence-corrected chi connectivity index (χ4v) is 4.16. The van der Waals surface area contributed by atoms with Crippen LogP contribution in [0.25, 0.3) is 0 Å². The first kappa shape index (κ1) is 17.0. The van der Waals surface area contributed by atoms with Crippen LogP contribution in [0.1, 0.15) is 6.42 Å². The lowest BCUT2D eigenvalue weighted by atomic mass is 10.3. The Labute approximate surface area is 143 Å². The minimum atomic E-state index is -3.04. The molecular formula is C13H17ClN4O5S. The molecule has 3 rings (SSSR count). The second kappa shape index (κ2) is 6.60. The zero-order valence-corrected chi connectivity index (χ0v) is 14.3. The van der Waals surface area contributed by atoms with Gasteiger partial charge < -0.3 is 14.5 Å². The monoisotopic (exact) mass is 376 g/mol. The summed E-state index contributed by atoms with van der Waals surface area (Å²) in [6.45, 7) is 1.29. The smallest absolute Gasteiger partial charge is 0.410 e. The number of rotatable bonds is 2. The molecule has 1 aromatic heterocycles. The van der Waals surface area contributed by atoms with Crippen molar-refractivity contribution in [3.8, 4) is 0 Å². The number of aromatic amines is 1. The molecule has 0 aromatic carbocycles. The van der Waals surface area contributed by atoms with E-state index in [1.807, 2.05) is 4.90 Å². The number of aromatic nitrogens is 2. The molecular weight excluding hydrogens is 360 g/mol. The highest BCUT2D eigenvalue weighted by atomic mass is 35.5. The molecule has 1 N–H and O–H groups in total. The van der Waals surface area contributed by atoms with Gasteiger partial charge in [-0.25, -0.2) is 18.3 Å². The van der Waals surface area contributed by atoms with Gasteiger partial charge in [0.2, 0.25) is 0 Å². The summed E-state index contributed by atoms with van der Waals surface area (Å²) in [5.74, 6) is -0.0695. The van der Waals surface area contributed by atoms with Gasteiger partial charge in [0.1, 0.15) is 11.1 Å². The Morgan fingerprint density at radius 2 is 2.04 bits per heavy atom. The van der Waals surface area contributed by atoms with Crippen LogP contribution in [0.2, 0.25) is 5.02 Å². The van der Waals surface area contributed by atoms with Crippen molar-refractivity contribution < 1.29 is 17.9 Å². The quantitative estimate of drug-likeness (QED) is 0.764. The van der Waals surface area contributed by atoms with E-state index < -0.39 is 21.5 Å². The Balaban J connectivity index is 1.57. The third-order valence-electron chi connectivity index (χ3n) is 4.13. The van der Waals surface area contributed by atoms with Crippen LogP contribution < -0.4 is 10.5 Å². The van der Waals surface area contributed by atoms with E-state index in [9.17, 15) is 18.0 Å². The van der Waals surface area contributed by atoms with E-state index in [0.717, 1.165) is 0 Å². The largest absolute Gasteiger partial charge is 0.444 e. The Morgan fingerprint density at radius 1 is 1.33 bits per heavy atom. The molecule has 2 aliphatic heterocycles. The molecule has 132 valence electrons. The number of ether oxygens (including phenoxy) is 1. The molecule has 0 bridgehead atoms. The summed E-state index contributed by atoms with van der Waals surface area (Å²) in [5.41, 5.74) is 0.0344. The zero-order chi connectivity index (χ0) is 17.3. The molecule has 0 unspecified atom stereocenters. The van der Waals surface area contributed by atoms with Gasteiger partial charge >= 0.3 is 6.09 Å². The van der Waals surface area contributed by atoms with E-state index in [4.69, 9.17) is 16.3 Å². The highest BCUT2D eigenvalue weighted by Gasteiger charge is 2.31. The Kier molecular flexibility index (Phi) is 4.68. The molecule has 3 heterocycles. The number of carbonyl (C=O) groups excluding carboxylic acids is 1. The van der Waals surface area contributed by atoms with Crippen LogP contribution in [-0.4, -0.2) is 73.4 Å². The third-order valence-corrected chi connectivity index (χ3v) is 6.11. The lowest BCUT2D eigenvalue weighted by Gasteiger charge is -2.27. The topological polar surface area (TPSA) is 113 Å². The summed E-state index contributed by atoms with van der Waals surface area (Å²) in [6, 6.07) is 0. The van der Waals surface area contributed by atoms with E-state index in [2.05, 4.69) is 10.2 Å². The van der Waals surface area contributed by atoms with Gasteiger partial charge in [0.15, 0.2) is 9.84 Å². The Morgan fingerprint density at radius 3 is 2.75 bits per heavy atom. The van der Waals surface area contributed by atoms with Gasteiger partial charge in [0.05, 0.1) is 29.9 Å². The minimum Gasteiger partial charge on any atom is -0.444 e. The lowest BCUT2D eigenvalue weighted by molar-refractivity contribution is 0.0735. The fraction of sp³-hybridized carbons (Fsp3) is 0.615. The van der Waals surface area contributed by atoms with Crippen molar-refractivity contribution in [2.24, 2.45) is 0 Å². The number of H-pyrrole nitrogens is 1. The molecule has 2 saturated heterocycles. The van der Waals surface area contributed by atoms with Crippen molar-refractivity contribution in [3.05, 3.63) is 21.6 Å². The maximum absolute atomic E-state index is 12.1. The highest BCUT2D eigenvalue weighted by molar-refractivity contribution is 7.91. The summed E-state index contributed by atoms with van der Waals surface area (Å²) in [4.78, 5) is 26.9. The first-order valence-corrected chi connectivity index (χ1v) is 9.70. The number of nitrogens with one attached hydrogen (secondary N) is 1. The van der Waals surface area contributed by atoms with E-state index in [1.54, 1.807) is 0 Å². The Hall–Kier alpha value is -1.81. The van der Waals surface area contributed by atoms with E-state index in [0.29, 0.717) is 25.2 Å². The number of hydrogen-bond acceptors (Lipinski definition) is 7. The lowest BCUT2D eigenvalue weighted by Crippen LogP contribution is -2.45. The second-order valence-corrected chi connectivity index (χ2v) is 8.46. The maximum Gasteiger partial charge on any atom is 0.410 e. The molecule has 0 saturated carbocycles. The molecule has 0 radical (unpaired) electrons. The van der Waals surface area contributed by atoms with Crippen molar-refractivity contribution >= 4 is 33.2 Å². The molecule has 24 heavy (non-hydrogen) atoms. The van der Waals surface area contributed by atoms with Crippen LogP contribution in [0.3, 0.4) is 0 Å². The van der Waals surface area contributed by atoms with Crippen LogP contribution >= 0.6 is 11.6 Å². The molecule has 0 spiro atoms. The number of hydrogen-bond donors (Lipinski definition) is 1. The van der Waals surface area contributed by atoms with E-state index in [-0.39, 0.29) is 35.7 Å². The van der Waals surface area contributed by atoms with Crippen molar-refractivity contribution in [1.29, 1.82) is 0 Å². The number of amides is 1. The van der Waals surface area contributed by atoms with Gasteiger partial charge in [-0.1, -0.05) is 11.6 Å². The van der Waals surface area contributed by atoms with Crippen molar-refractivity contribution in [1.82, 2.24) is 15.1 Å². The van der Waals surface area contributed by atoms with Gasteiger partial charge in [-0.3, -0.25) is 4.79 Å². The number of halogens is 1. The molecule has 1 atom stereocenters. The normalized spacial score (nSPS) is 23.3. The highest BCUT2D eigenvalue weighted by Crippen LogP contribution is 2.26. The first-order chi connectivity index (χ1) is 11.4. The summed E-state index contributed by atoms with van der Waals surface area (Å²) in [6.07, 6.45) is 1.21. The van der Waals surface area contributed by atoms with Gasteiger partial charge in [-0.2, -0.15) is 5.10 Å². The van der Waals surface area contributed by atoms with Crippen LogP contribution in [0, 0.1) is 0 Å². The van der Waals surface area contributed by atoms with Crippen LogP contribution in [0.5, 0.6) is 0 Å². The standard InChI is InChI=1S/C13H17ClN4O5S/c14-11-10(7-15-16-12(11)19)18-2-1-9(8-18)23-13(20)17-3-5-24(21,22)6-4-17/h7,9H,1-6,8H2,(H,16,19)/t9-/m1/s1. The van der Waals surface area contributed by atoms with E-state index >= 15 is 0 Å². The maximum atomic E-state index is 12.1. The SMILES string of the molecule is O=C(O[C@@H]1CCN(c2cn[nH]c(=O)c2Cl)C1)N1CCS(=O)(=O)CC1. The molecule has 0 aliphatic carbocycles. The predicted octanol–water partition coefficient (Wildman–Crippen LogP) is -0.131. The van der Waals surface area contributed by atoms with Gasteiger partial charge in [-0.05, 0) is 0 Å². The van der Waals surface area contributed by atoms with Crippen LogP contribution in [-0.2, 0) is 14.6 Å². The van der Waals surface area contributed by atoms with Crippen molar-refractivity contribution in [2.75, 3.05) is 42.6 Å². The van der Waals surface area contributed by atoms with Crippen molar-refractivity contribution in [3.63, 3.8) is 0 Å². The third kappa shape index (κ3) is 3.64. The van der Waals surface area contributed by atoms with Gasteiger partial charge in [-0.15, -0.1) is 0 Å². The van der Waals surface area contributed by atoms with E-state index in [1.165, 1.54) is 11.1 Å². The molecule has 2 aliphatic rings. The predicted molar refractivity (Wildman–Crippen MR) is 87.2 cm³/mol. The number of carbonyl (C=O) groups is 1. The average Bonchev–Trinajstić information content (AvgIpc) is 2.98. The summed E-state index contributed by atoms with van der Waals surface area (Å²) in [7, 11) is -3.04. The number of nitrogens with zero attached hydrogens (tertiary/aromatic N) is 3. The number of sulfone groups is 1. The average molecular weight is 377 g/mol. The second-order valence-electron chi connectivity index (χ2n) is 5.78. The summed E-state index contributed by atoms with van der Waals surface area (Å²) >= 11 is 5.98. The van der Waals surface area contributed by atoms with Crippen LogP contribution in [0.15, 0.2) is 11.0 Å².